The Kier molecular flexibility index (Phi) is 4.24. The molecule has 100 valence electrons. The molecule has 1 aromatic rings. The predicted octanol–water partition coefficient (Wildman–Crippen LogP) is 3.43. The zero-order chi connectivity index (χ0) is 14.1. The lowest BCUT2D eigenvalue weighted by molar-refractivity contribution is -0.389. The summed E-state index contributed by atoms with van der Waals surface area (Å²) >= 11 is 1.23. The molecule has 0 atom stereocenters. The van der Waals surface area contributed by atoms with Gasteiger partial charge in [0.25, 0.3) is 6.43 Å². The molecule has 0 radical (unpaired) electrons. The number of hydrogen-bond acceptors (Lipinski definition) is 4. The van der Waals surface area contributed by atoms with E-state index in [9.17, 15) is 32.1 Å². The Labute approximate surface area is 109 Å². The minimum Gasteiger partial charge on any atom is -0.398 e. The number of hydrogen-bond donors (Lipinski definition) is 0. The summed E-state index contributed by atoms with van der Waals surface area (Å²) in [6, 6.07) is 0. The van der Waals surface area contributed by atoms with E-state index < -0.39 is 38.4 Å². The van der Waals surface area contributed by atoms with E-state index in [0.717, 1.165) is 0 Å². The molecule has 0 spiro atoms. The number of aromatic nitrogens is 1. The average Bonchev–Trinajstić information content (AvgIpc) is 2.13. The lowest BCUT2D eigenvalue weighted by atomic mass is 10.2. The van der Waals surface area contributed by atoms with E-state index >= 15 is 0 Å². The summed E-state index contributed by atoms with van der Waals surface area (Å²) in [6.45, 7) is 0. The van der Waals surface area contributed by atoms with Crippen LogP contribution in [0.2, 0.25) is 0 Å². The van der Waals surface area contributed by atoms with Gasteiger partial charge in [0.15, 0.2) is 0 Å². The van der Waals surface area contributed by atoms with E-state index in [4.69, 9.17) is 0 Å². The number of ether oxygens (including phenoxy) is 1. The number of rotatable bonds is 3. The van der Waals surface area contributed by atoms with Crippen LogP contribution in [-0.4, -0.2) is 16.3 Å². The van der Waals surface area contributed by atoms with Gasteiger partial charge in [0.1, 0.15) is 9.90 Å². The lowest BCUT2D eigenvalue weighted by Crippen LogP contribution is -2.20. The minimum atomic E-state index is -5.32. The summed E-state index contributed by atoms with van der Waals surface area (Å²) in [5.41, 5.74) is -2.54. The Morgan fingerprint density at radius 2 is 2.00 bits per heavy atom. The van der Waals surface area contributed by atoms with Crippen molar-refractivity contribution in [1.82, 2.24) is 4.98 Å². The quantitative estimate of drug-likeness (QED) is 0.263. The normalized spacial score (nSPS) is 11.7. The Bertz CT molecular complexity index is 479. The van der Waals surface area contributed by atoms with Crippen LogP contribution >= 0.6 is 22.6 Å². The van der Waals surface area contributed by atoms with Gasteiger partial charge in [0.2, 0.25) is 5.75 Å². The third kappa shape index (κ3) is 3.36. The van der Waals surface area contributed by atoms with Crippen LogP contribution in [-0.2, 0) is 0 Å². The SMILES string of the molecule is O=[N+]([O-])c1cnc(I)c(C(F)F)c1OC(F)(F)F. The summed E-state index contributed by atoms with van der Waals surface area (Å²) in [6.07, 6.45) is -8.28. The van der Waals surface area contributed by atoms with Gasteiger partial charge in [0, 0.05) is 0 Å². The third-order valence-electron chi connectivity index (χ3n) is 1.63. The maximum atomic E-state index is 12.6. The standard InChI is InChI=1S/C7H2F5IN2O3/c8-5(9)3-4(18-7(10,11)12)2(15(16)17)1-14-6(3)13/h1,5H. The van der Waals surface area contributed by atoms with E-state index in [1.807, 2.05) is 0 Å². The fourth-order valence-electron chi connectivity index (χ4n) is 1.02. The molecule has 0 aliphatic carbocycles. The molecule has 0 saturated carbocycles. The van der Waals surface area contributed by atoms with Crippen LogP contribution in [0.3, 0.4) is 0 Å². The number of nitro groups is 1. The molecule has 5 nitrogen and oxygen atoms in total. The monoisotopic (exact) mass is 384 g/mol. The Morgan fingerprint density at radius 1 is 1.44 bits per heavy atom. The Morgan fingerprint density at radius 3 is 2.39 bits per heavy atom. The van der Waals surface area contributed by atoms with E-state index in [-0.39, 0.29) is 0 Å². The highest BCUT2D eigenvalue weighted by molar-refractivity contribution is 14.1. The van der Waals surface area contributed by atoms with Crippen LogP contribution in [0.4, 0.5) is 27.6 Å². The molecule has 0 N–H and O–H groups in total. The first-order valence-corrected chi connectivity index (χ1v) is 5.08. The molecule has 11 heteroatoms. The molecule has 0 aliphatic rings. The van der Waals surface area contributed by atoms with Crippen molar-refractivity contribution in [3.63, 3.8) is 0 Å². The number of nitrogens with zero attached hydrogens (tertiary/aromatic N) is 2. The highest BCUT2D eigenvalue weighted by Crippen LogP contribution is 2.41. The summed E-state index contributed by atoms with van der Waals surface area (Å²) in [7, 11) is 0. The summed E-state index contributed by atoms with van der Waals surface area (Å²) < 4.78 is 64.1. The Balaban J connectivity index is 3.48. The molecular formula is C7H2F5IN2O3. The largest absolute Gasteiger partial charge is 0.573 e. The van der Waals surface area contributed by atoms with Gasteiger partial charge in [-0.25, -0.2) is 13.8 Å². The van der Waals surface area contributed by atoms with Crippen molar-refractivity contribution in [2.24, 2.45) is 0 Å². The highest BCUT2D eigenvalue weighted by Gasteiger charge is 2.38. The van der Waals surface area contributed by atoms with Gasteiger partial charge < -0.3 is 4.74 Å². The zero-order valence-electron chi connectivity index (χ0n) is 8.04. The van der Waals surface area contributed by atoms with Gasteiger partial charge in [-0.1, -0.05) is 0 Å². The van der Waals surface area contributed by atoms with Gasteiger partial charge in [0.05, 0.1) is 10.5 Å². The molecule has 1 heterocycles. The molecule has 0 saturated heterocycles. The van der Waals surface area contributed by atoms with E-state index in [0.29, 0.717) is 6.20 Å². The van der Waals surface area contributed by atoms with Crippen LogP contribution in [0.5, 0.6) is 5.75 Å². The molecule has 0 aromatic carbocycles. The minimum absolute atomic E-state index is 0.425. The van der Waals surface area contributed by atoms with Crippen molar-refractivity contribution in [2.75, 3.05) is 0 Å². The van der Waals surface area contributed by atoms with Crippen molar-refractivity contribution < 1.29 is 31.6 Å². The molecular weight excluding hydrogens is 382 g/mol. The molecule has 0 fully saturated rings. The van der Waals surface area contributed by atoms with Crippen molar-refractivity contribution in [3.05, 3.63) is 25.6 Å². The Hall–Kier alpha value is -1.27. The number of pyridine rings is 1. The molecule has 0 bridgehead atoms. The van der Waals surface area contributed by atoms with Crippen molar-refractivity contribution in [3.8, 4) is 5.75 Å². The number of alkyl halides is 5. The second-order valence-corrected chi connectivity index (χ2v) is 3.80. The van der Waals surface area contributed by atoms with E-state index in [1.165, 1.54) is 22.6 Å². The van der Waals surface area contributed by atoms with Crippen LogP contribution in [0.15, 0.2) is 6.20 Å². The van der Waals surface area contributed by atoms with Crippen molar-refractivity contribution in [1.29, 1.82) is 0 Å². The number of halogens is 6. The molecule has 1 rings (SSSR count). The predicted molar refractivity (Wildman–Crippen MR) is 55.2 cm³/mol. The third-order valence-corrected chi connectivity index (χ3v) is 2.49. The van der Waals surface area contributed by atoms with Gasteiger partial charge in [-0.3, -0.25) is 10.1 Å². The fraction of sp³-hybridized carbons (Fsp3) is 0.286. The fourth-order valence-corrected chi connectivity index (χ4v) is 1.64. The topological polar surface area (TPSA) is 65.3 Å². The maximum absolute atomic E-state index is 12.6. The summed E-state index contributed by atoms with van der Waals surface area (Å²) in [5, 5.41) is 10.5. The second kappa shape index (κ2) is 5.16. The van der Waals surface area contributed by atoms with Gasteiger partial charge in [-0.15, -0.1) is 13.2 Å². The molecule has 18 heavy (non-hydrogen) atoms. The molecule has 0 amide bonds. The molecule has 0 unspecified atom stereocenters. The van der Waals surface area contributed by atoms with E-state index in [2.05, 4.69) is 9.72 Å². The van der Waals surface area contributed by atoms with Gasteiger partial charge in [-0.05, 0) is 22.6 Å². The first kappa shape index (κ1) is 14.8. The smallest absolute Gasteiger partial charge is 0.398 e. The van der Waals surface area contributed by atoms with Crippen LogP contribution < -0.4 is 4.74 Å². The van der Waals surface area contributed by atoms with Gasteiger partial charge >= 0.3 is 12.0 Å². The van der Waals surface area contributed by atoms with Gasteiger partial charge in [-0.2, -0.15) is 0 Å². The highest BCUT2D eigenvalue weighted by atomic mass is 127. The maximum Gasteiger partial charge on any atom is 0.573 e. The summed E-state index contributed by atoms with van der Waals surface area (Å²) in [4.78, 5) is 12.4. The first-order valence-electron chi connectivity index (χ1n) is 4.00. The molecule has 0 aliphatic heterocycles. The first-order chi connectivity index (χ1) is 8.13. The average molecular weight is 384 g/mol. The zero-order valence-corrected chi connectivity index (χ0v) is 10.2. The second-order valence-electron chi connectivity index (χ2n) is 2.78. The van der Waals surface area contributed by atoms with Crippen LogP contribution in [0.1, 0.15) is 12.0 Å². The van der Waals surface area contributed by atoms with Crippen LogP contribution in [0.25, 0.3) is 0 Å². The van der Waals surface area contributed by atoms with Crippen molar-refractivity contribution in [2.45, 2.75) is 12.8 Å². The van der Waals surface area contributed by atoms with E-state index in [1.54, 1.807) is 0 Å². The summed E-state index contributed by atoms with van der Waals surface area (Å²) in [5.74, 6) is -1.54. The molecule has 1 aromatic heterocycles. The van der Waals surface area contributed by atoms with Crippen molar-refractivity contribution >= 4 is 28.3 Å². The van der Waals surface area contributed by atoms with Crippen LogP contribution in [0, 0.1) is 13.8 Å². The lowest BCUT2D eigenvalue weighted by Gasteiger charge is -2.13.